The summed E-state index contributed by atoms with van der Waals surface area (Å²) in [6.07, 6.45) is 1.43. The molecule has 0 spiro atoms. The topological polar surface area (TPSA) is 51.2 Å². The summed E-state index contributed by atoms with van der Waals surface area (Å²) in [5, 5.41) is 6.10. The van der Waals surface area contributed by atoms with Crippen LogP contribution in [0.3, 0.4) is 0 Å². The third-order valence-corrected chi connectivity index (χ3v) is 4.78. The number of carbonyl (C=O) groups excluding carboxylic acids is 1. The molecule has 122 valence electrons. The maximum absolute atomic E-state index is 12.0. The van der Waals surface area contributed by atoms with E-state index in [4.69, 9.17) is 4.74 Å². The molecular formula is C18H22N2O2S. The summed E-state index contributed by atoms with van der Waals surface area (Å²) in [7, 11) is 0. The first kappa shape index (κ1) is 16.0. The molecule has 5 heteroatoms. The molecule has 1 aromatic carbocycles. The summed E-state index contributed by atoms with van der Waals surface area (Å²) >= 11 is 1.54. The number of esters is 1. The Morgan fingerprint density at radius 2 is 2.09 bits per heavy atom. The number of benzene rings is 1. The standard InChI is InChI=1S/C18H22N2O2S/c1-11(2)8-13-9-16(22-17(13)21)15-10-23-18(20-15)19-14-6-4-12(3)5-7-14/h4-7,10-11,13,16H,8-9H2,1-3H3,(H,19,20)/t13-,16-/m1/s1. The van der Waals surface area contributed by atoms with Gasteiger partial charge in [0.05, 0.1) is 11.6 Å². The van der Waals surface area contributed by atoms with Crippen molar-refractivity contribution >= 4 is 28.1 Å². The van der Waals surface area contributed by atoms with Gasteiger partial charge in [0.2, 0.25) is 0 Å². The van der Waals surface area contributed by atoms with E-state index in [0.29, 0.717) is 5.92 Å². The van der Waals surface area contributed by atoms with E-state index < -0.39 is 0 Å². The van der Waals surface area contributed by atoms with Crippen molar-refractivity contribution in [1.82, 2.24) is 4.98 Å². The molecule has 2 atom stereocenters. The van der Waals surface area contributed by atoms with Crippen LogP contribution in [0.4, 0.5) is 10.8 Å². The highest BCUT2D eigenvalue weighted by molar-refractivity contribution is 7.13. The first-order chi connectivity index (χ1) is 11.0. The van der Waals surface area contributed by atoms with Crippen LogP contribution in [0.15, 0.2) is 29.6 Å². The molecule has 0 unspecified atom stereocenters. The van der Waals surface area contributed by atoms with E-state index in [2.05, 4.69) is 43.2 Å². The van der Waals surface area contributed by atoms with Crippen LogP contribution in [0.1, 0.15) is 44.1 Å². The molecule has 1 aromatic heterocycles. The number of thiazole rings is 1. The number of carbonyl (C=O) groups is 1. The molecule has 2 heterocycles. The Morgan fingerprint density at radius 1 is 1.35 bits per heavy atom. The lowest BCUT2D eigenvalue weighted by molar-refractivity contribution is -0.145. The first-order valence-electron chi connectivity index (χ1n) is 8.01. The zero-order valence-electron chi connectivity index (χ0n) is 13.7. The smallest absolute Gasteiger partial charge is 0.309 e. The summed E-state index contributed by atoms with van der Waals surface area (Å²) in [5.41, 5.74) is 3.09. The lowest BCUT2D eigenvalue weighted by Crippen LogP contribution is -2.09. The molecule has 1 saturated heterocycles. The van der Waals surface area contributed by atoms with Crippen molar-refractivity contribution in [2.24, 2.45) is 11.8 Å². The monoisotopic (exact) mass is 330 g/mol. The lowest BCUT2D eigenvalue weighted by atomic mass is 9.94. The number of nitrogens with zero attached hydrogens (tertiary/aromatic N) is 1. The van der Waals surface area contributed by atoms with Crippen LogP contribution in [0.2, 0.25) is 0 Å². The summed E-state index contributed by atoms with van der Waals surface area (Å²) in [6, 6.07) is 8.19. The van der Waals surface area contributed by atoms with Gasteiger partial charge in [-0.2, -0.15) is 0 Å². The van der Waals surface area contributed by atoms with E-state index >= 15 is 0 Å². The van der Waals surface area contributed by atoms with E-state index in [0.717, 1.165) is 29.4 Å². The van der Waals surface area contributed by atoms with Crippen LogP contribution in [-0.4, -0.2) is 11.0 Å². The molecule has 2 aromatic rings. The van der Waals surface area contributed by atoms with Gasteiger partial charge in [0.1, 0.15) is 6.10 Å². The first-order valence-corrected chi connectivity index (χ1v) is 8.89. The van der Waals surface area contributed by atoms with Crippen molar-refractivity contribution in [2.75, 3.05) is 5.32 Å². The van der Waals surface area contributed by atoms with Crippen LogP contribution in [-0.2, 0) is 9.53 Å². The summed E-state index contributed by atoms with van der Waals surface area (Å²) in [5.74, 6) is 0.431. The molecular weight excluding hydrogens is 308 g/mol. The van der Waals surface area contributed by atoms with Gasteiger partial charge in [-0.05, 0) is 31.4 Å². The molecule has 0 radical (unpaired) electrons. The second-order valence-corrected chi connectivity index (χ2v) is 7.41. The third-order valence-electron chi connectivity index (χ3n) is 4.00. The van der Waals surface area contributed by atoms with Crippen molar-refractivity contribution in [3.8, 4) is 0 Å². The van der Waals surface area contributed by atoms with Gasteiger partial charge in [0.25, 0.3) is 0 Å². The van der Waals surface area contributed by atoms with Crippen molar-refractivity contribution < 1.29 is 9.53 Å². The fourth-order valence-corrected chi connectivity index (χ4v) is 3.61. The van der Waals surface area contributed by atoms with Crippen LogP contribution >= 0.6 is 11.3 Å². The quantitative estimate of drug-likeness (QED) is 0.797. The number of aryl methyl sites for hydroxylation is 1. The Kier molecular flexibility index (Phi) is 4.66. The predicted molar refractivity (Wildman–Crippen MR) is 93.0 cm³/mol. The molecule has 4 nitrogen and oxygen atoms in total. The lowest BCUT2D eigenvalue weighted by Gasteiger charge is -2.07. The number of nitrogens with one attached hydrogen (secondary N) is 1. The SMILES string of the molecule is Cc1ccc(Nc2nc([C@H]3C[C@@H](CC(C)C)C(=O)O3)cs2)cc1. The van der Waals surface area contributed by atoms with Gasteiger partial charge in [0.15, 0.2) is 5.13 Å². The summed E-state index contributed by atoms with van der Waals surface area (Å²) < 4.78 is 5.52. The van der Waals surface area contributed by atoms with E-state index in [1.807, 2.05) is 17.5 Å². The van der Waals surface area contributed by atoms with Gasteiger partial charge >= 0.3 is 5.97 Å². The number of rotatable bonds is 5. The number of aromatic nitrogens is 1. The second kappa shape index (κ2) is 6.71. The number of anilines is 2. The number of cyclic esters (lactones) is 1. The van der Waals surface area contributed by atoms with E-state index in [-0.39, 0.29) is 18.0 Å². The molecule has 1 aliphatic rings. The van der Waals surface area contributed by atoms with Gasteiger partial charge in [-0.3, -0.25) is 4.79 Å². The highest BCUT2D eigenvalue weighted by Gasteiger charge is 2.36. The molecule has 0 saturated carbocycles. The van der Waals surface area contributed by atoms with Gasteiger partial charge < -0.3 is 10.1 Å². The van der Waals surface area contributed by atoms with E-state index in [1.165, 1.54) is 16.9 Å². The Balaban J connectivity index is 1.65. The molecule has 0 aliphatic carbocycles. The highest BCUT2D eigenvalue weighted by atomic mass is 32.1. The van der Waals surface area contributed by atoms with Gasteiger partial charge in [0, 0.05) is 17.5 Å². The Labute approximate surface area is 140 Å². The minimum Gasteiger partial charge on any atom is -0.456 e. The molecule has 0 bridgehead atoms. The summed E-state index contributed by atoms with van der Waals surface area (Å²) in [4.78, 5) is 16.5. The van der Waals surface area contributed by atoms with Crippen molar-refractivity contribution in [3.63, 3.8) is 0 Å². The Bertz CT molecular complexity index is 679. The van der Waals surface area contributed by atoms with Crippen LogP contribution in [0.25, 0.3) is 0 Å². The minimum absolute atomic E-state index is 0.00945. The molecule has 3 rings (SSSR count). The van der Waals surface area contributed by atoms with Crippen molar-refractivity contribution in [1.29, 1.82) is 0 Å². The highest BCUT2D eigenvalue weighted by Crippen LogP contribution is 2.37. The molecule has 0 amide bonds. The van der Waals surface area contributed by atoms with Crippen molar-refractivity contribution in [3.05, 3.63) is 40.9 Å². The normalized spacial score (nSPS) is 20.8. The minimum atomic E-state index is -0.198. The van der Waals surface area contributed by atoms with Crippen LogP contribution in [0, 0.1) is 18.8 Å². The zero-order chi connectivity index (χ0) is 16.4. The fourth-order valence-electron chi connectivity index (χ4n) is 2.83. The number of hydrogen-bond acceptors (Lipinski definition) is 5. The van der Waals surface area contributed by atoms with Crippen molar-refractivity contribution in [2.45, 2.75) is 39.7 Å². The van der Waals surface area contributed by atoms with Gasteiger partial charge in [-0.1, -0.05) is 31.5 Å². The third kappa shape index (κ3) is 3.91. The van der Waals surface area contributed by atoms with E-state index in [1.54, 1.807) is 0 Å². The maximum Gasteiger partial charge on any atom is 0.309 e. The molecule has 1 N–H and O–H groups in total. The van der Waals surface area contributed by atoms with Gasteiger partial charge in [-0.15, -0.1) is 11.3 Å². The average molecular weight is 330 g/mol. The second-order valence-electron chi connectivity index (χ2n) is 6.56. The molecule has 1 aliphatic heterocycles. The number of ether oxygens (including phenoxy) is 1. The van der Waals surface area contributed by atoms with Crippen LogP contribution in [0.5, 0.6) is 0 Å². The summed E-state index contributed by atoms with van der Waals surface area (Å²) in [6.45, 7) is 6.33. The predicted octanol–water partition coefficient (Wildman–Crippen LogP) is 4.85. The van der Waals surface area contributed by atoms with Gasteiger partial charge in [-0.25, -0.2) is 4.98 Å². The molecule has 23 heavy (non-hydrogen) atoms. The largest absolute Gasteiger partial charge is 0.456 e. The zero-order valence-corrected chi connectivity index (χ0v) is 14.5. The Hall–Kier alpha value is -1.88. The molecule has 1 fully saturated rings. The average Bonchev–Trinajstić information content (AvgIpc) is 3.09. The van der Waals surface area contributed by atoms with Crippen LogP contribution < -0.4 is 5.32 Å². The Morgan fingerprint density at radius 3 is 2.78 bits per heavy atom. The maximum atomic E-state index is 12.0. The fraction of sp³-hybridized carbons (Fsp3) is 0.444. The number of hydrogen-bond donors (Lipinski definition) is 1. The van der Waals surface area contributed by atoms with E-state index in [9.17, 15) is 4.79 Å².